The molecule has 5 nitrogen and oxygen atoms in total. The van der Waals surface area contributed by atoms with Crippen LogP contribution in [0.5, 0.6) is 0 Å². The Morgan fingerprint density at radius 2 is 2.31 bits per heavy atom. The number of esters is 1. The average molecular weight is 235 g/mol. The quantitative estimate of drug-likeness (QED) is 0.815. The average Bonchev–Trinajstić information content (AvgIpc) is 2.80. The molecule has 0 saturated carbocycles. The van der Waals surface area contributed by atoms with Gasteiger partial charge in [0.05, 0.1) is 22.3 Å². The molecule has 0 aliphatic carbocycles. The summed E-state index contributed by atoms with van der Waals surface area (Å²) >= 11 is 1.43. The van der Waals surface area contributed by atoms with Crippen LogP contribution >= 0.6 is 11.3 Å². The molecule has 2 aromatic heterocycles. The fourth-order valence-corrected chi connectivity index (χ4v) is 1.56. The largest absolute Gasteiger partial charge is 0.455 e. The number of nitrogens with zero attached hydrogens (tertiary/aromatic N) is 2. The Bertz CT molecular complexity index is 467. The lowest BCUT2D eigenvalue weighted by Gasteiger charge is -2.02. The molecule has 0 spiro atoms. The summed E-state index contributed by atoms with van der Waals surface area (Å²) in [5.41, 5.74) is 7.90. The molecule has 0 aliphatic heterocycles. The number of hydrogen-bond donors (Lipinski definition) is 1. The maximum absolute atomic E-state index is 11.5. The van der Waals surface area contributed by atoms with Crippen LogP contribution in [0.4, 0.5) is 5.69 Å². The molecule has 2 rings (SSSR count). The number of rotatable bonds is 3. The van der Waals surface area contributed by atoms with Crippen LogP contribution in [0.2, 0.25) is 0 Å². The van der Waals surface area contributed by atoms with Gasteiger partial charge in [0.15, 0.2) is 0 Å². The smallest absolute Gasteiger partial charge is 0.357 e. The minimum absolute atomic E-state index is 0.218. The highest BCUT2D eigenvalue weighted by Crippen LogP contribution is 2.09. The number of ether oxygens (including phenoxy) is 1. The number of nitrogens with two attached hydrogens (primary N) is 1. The van der Waals surface area contributed by atoms with E-state index in [-0.39, 0.29) is 12.3 Å². The van der Waals surface area contributed by atoms with E-state index in [0.717, 1.165) is 4.88 Å². The normalized spacial score (nSPS) is 10.0. The lowest BCUT2D eigenvalue weighted by Crippen LogP contribution is -2.07. The molecule has 0 bridgehead atoms. The van der Waals surface area contributed by atoms with Crippen LogP contribution < -0.4 is 5.73 Å². The van der Waals surface area contributed by atoms with Gasteiger partial charge >= 0.3 is 5.97 Å². The van der Waals surface area contributed by atoms with Gasteiger partial charge in [-0.25, -0.2) is 9.78 Å². The predicted molar refractivity (Wildman–Crippen MR) is 59.9 cm³/mol. The molecule has 0 unspecified atom stereocenters. The first kappa shape index (κ1) is 10.6. The van der Waals surface area contributed by atoms with Gasteiger partial charge in [-0.05, 0) is 12.1 Å². The predicted octanol–water partition coefficient (Wildman–Crippen LogP) is 1.48. The van der Waals surface area contributed by atoms with Crippen molar-refractivity contribution in [1.82, 2.24) is 9.97 Å². The van der Waals surface area contributed by atoms with Crippen molar-refractivity contribution in [1.29, 1.82) is 0 Å². The molecule has 0 radical (unpaired) electrons. The minimum Gasteiger partial charge on any atom is -0.455 e. The van der Waals surface area contributed by atoms with Crippen LogP contribution in [-0.2, 0) is 11.3 Å². The number of carbonyl (C=O) groups excluding carboxylic acids is 1. The van der Waals surface area contributed by atoms with Crippen LogP contribution in [-0.4, -0.2) is 15.9 Å². The zero-order chi connectivity index (χ0) is 11.4. The summed E-state index contributed by atoms with van der Waals surface area (Å²) in [6.45, 7) is 0.218. The molecular weight excluding hydrogens is 226 g/mol. The first-order valence-electron chi connectivity index (χ1n) is 4.52. The lowest BCUT2D eigenvalue weighted by atomic mass is 10.3. The Hall–Kier alpha value is -1.95. The maximum Gasteiger partial charge on any atom is 0.357 e. The van der Waals surface area contributed by atoms with Crippen molar-refractivity contribution in [2.75, 3.05) is 5.73 Å². The second kappa shape index (κ2) is 4.71. The molecule has 0 aromatic carbocycles. The molecule has 6 heteroatoms. The summed E-state index contributed by atoms with van der Waals surface area (Å²) in [7, 11) is 0. The fourth-order valence-electron chi connectivity index (χ4n) is 1.05. The standard InChI is InChI=1S/C10H9N3O2S/c11-7-1-2-9(13-3-7)10(14)15-5-8-4-12-6-16-8/h1-4,6H,5,11H2. The second-order valence-electron chi connectivity index (χ2n) is 3.02. The topological polar surface area (TPSA) is 78.1 Å². The molecule has 0 saturated heterocycles. The van der Waals surface area contributed by atoms with Crippen molar-refractivity contribution < 1.29 is 9.53 Å². The zero-order valence-electron chi connectivity index (χ0n) is 8.29. The molecular formula is C10H9N3O2S. The van der Waals surface area contributed by atoms with Crippen molar-refractivity contribution in [3.05, 3.63) is 40.6 Å². The van der Waals surface area contributed by atoms with E-state index in [0.29, 0.717) is 5.69 Å². The molecule has 0 amide bonds. The van der Waals surface area contributed by atoms with Crippen molar-refractivity contribution in [2.45, 2.75) is 6.61 Å². The van der Waals surface area contributed by atoms with Crippen LogP contribution in [0, 0.1) is 0 Å². The van der Waals surface area contributed by atoms with E-state index in [1.807, 2.05) is 0 Å². The van der Waals surface area contributed by atoms with E-state index >= 15 is 0 Å². The third kappa shape index (κ3) is 2.54. The minimum atomic E-state index is -0.464. The van der Waals surface area contributed by atoms with Gasteiger partial charge in [-0.15, -0.1) is 11.3 Å². The molecule has 82 valence electrons. The number of thiazole rings is 1. The summed E-state index contributed by atoms with van der Waals surface area (Å²) in [4.78, 5) is 20.1. The van der Waals surface area contributed by atoms with Gasteiger partial charge in [-0.3, -0.25) is 4.98 Å². The zero-order valence-corrected chi connectivity index (χ0v) is 9.11. The Labute approximate surface area is 95.9 Å². The molecule has 0 atom stereocenters. The van der Waals surface area contributed by atoms with Crippen molar-refractivity contribution >= 4 is 23.0 Å². The maximum atomic E-state index is 11.5. The summed E-state index contributed by atoms with van der Waals surface area (Å²) < 4.78 is 5.04. The molecule has 0 fully saturated rings. The third-order valence-corrected chi connectivity index (χ3v) is 2.58. The number of hydrogen-bond acceptors (Lipinski definition) is 6. The van der Waals surface area contributed by atoms with E-state index in [1.165, 1.54) is 23.6 Å². The van der Waals surface area contributed by atoms with E-state index in [1.54, 1.807) is 17.8 Å². The lowest BCUT2D eigenvalue weighted by molar-refractivity contribution is 0.0469. The monoisotopic (exact) mass is 235 g/mol. The number of carbonyl (C=O) groups is 1. The Morgan fingerprint density at radius 3 is 2.94 bits per heavy atom. The van der Waals surface area contributed by atoms with Gasteiger partial charge in [-0.2, -0.15) is 0 Å². The van der Waals surface area contributed by atoms with E-state index < -0.39 is 5.97 Å². The summed E-state index contributed by atoms with van der Waals surface area (Å²) in [5.74, 6) is -0.464. The molecule has 2 aromatic rings. The van der Waals surface area contributed by atoms with E-state index in [4.69, 9.17) is 10.5 Å². The van der Waals surface area contributed by atoms with Crippen LogP contribution in [0.3, 0.4) is 0 Å². The van der Waals surface area contributed by atoms with Gasteiger partial charge in [-0.1, -0.05) is 0 Å². The second-order valence-corrected chi connectivity index (χ2v) is 3.99. The fraction of sp³-hybridized carbons (Fsp3) is 0.100. The first-order chi connectivity index (χ1) is 7.75. The summed E-state index contributed by atoms with van der Waals surface area (Å²) in [6.07, 6.45) is 3.08. The van der Waals surface area contributed by atoms with Gasteiger partial charge in [0.2, 0.25) is 0 Å². The highest BCUT2D eigenvalue weighted by atomic mass is 32.1. The van der Waals surface area contributed by atoms with E-state index in [2.05, 4.69) is 9.97 Å². The number of nitrogen functional groups attached to an aromatic ring is 1. The van der Waals surface area contributed by atoms with Gasteiger partial charge in [0, 0.05) is 6.20 Å². The van der Waals surface area contributed by atoms with Crippen molar-refractivity contribution in [2.24, 2.45) is 0 Å². The summed E-state index contributed by atoms with van der Waals surface area (Å²) in [5, 5.41) is 0. The van der Waals surface area contributed by atoms with Crippen LogP contribution in [0.15, 0.2) is 30.0 Å². The Balaban J connectivity index is 1.95. The SMILES string of the molecule is Nc1ccc(C(=O)OCc2cncs2)nc1. The number of anilines is 1. The first-order valence-corrected chi connectivity index (χ1v) is 5.39. The van der Waals surface area contributed by atoms with Crippen LogP contribution in [0.1, 0.15) is 15.4 Å². The van der Waals surface area contributed by atoms with Crippen LogP contribution in [0.25, 0.3) is 0 Å². The van der Waals surface area contributed by atoms with Gasteiger partial charge in [0.1, 0.15) is 12.3 Å². The Morgan fingerprint density at radius 1 is 1.44 bits per heavy atom. The number of aromatic nitrogens is 2. The third-order valence-electron chi connectivity index (χ3n) is 1.82. The summed E-state index contributed by atoms with van der Waals surface area (Å²) in [6, 6.07) is 3.14. The van der Waals surface area contributed by atoms with E-state index in [9.17, 15) is 4.79 Å². The molecule has 2 heterocycles. The van der Waals surface area contributed by atoms with Crippen molar-refractivity contribution in [3.63, 3.8) is 0 Å². The molecule has 0 aliphatic rings. The Kier molecular flexibility index (Phi) is 3.11. The molecule has 2 N–H and O–H groups in total. The van der Waals surface area contributed by atoms with Gasteiger partial charge < -0.3 is 10.5 Å². The highest BCUT2D eigenvalue weighted by Gasteiger charge is 2.08. The highest BCUT2D eigenvalue weighted by molar-refractivity contribution is 7.09. The number of pyridine rings is 1. The molecule has 16 heavy (non-hydrogen) atoms. The van der Waals surface area contributed by atoms with Crippen molar-refractivity contribution in [3.8, 4) is 0 Å². The van der Waals surface area contributed by atoms with Gasteiger partial charge in [0.25, 0.3) is 0 Å².